The fraction of sp³-hybridized carbons (Fsp3) is 0.650. The van der Waals surface area contributed by atoms with Gasteiger partial charge >= 0.3 is 0 Å². The van der Waals surface area contributed by atoms with Gasteiger partial charge in [-0.15, -0.1) is 0 Å². The van der Waals surface area contributed by atoms with Crippen molar-refractivity contribution < 1.29 is 13.2 Å². The van der Waals surface area contributed by atoms with E-state index in [0.717, 1.165) is 37.1 Å². The van der Waals surface area contributed by atoms with Gasteiger partial charge in [0.05, 0.1) is 4.90 Å². The van der Waals surface area contributed by atoms with Gasteiger partial charge in [-0.25, -0.2) is 8.42 Å². The smallest absolute Gasteiger partial charge is 0.243 e. The second-order valence-corrected chi connectivity index (χ2v) is 9.86. The number of carbonyl (C=O) groups excluding carboxylic acids is 1. The van der Waals surface area contributed by atoms with E-state index in [1.807, 2.05) is 30.9 Å². The number of benzene rings is 1. The van der Waals surface area contributed by atoms with Crippen LogP contribution in [-0.2, 0) is 14.8 Å². The Bertz CT molecular complexity index is 778. The van der Waals surface area contributed by atoms with Crippen molar-refractivity contribution in [2.24, 2.45) is 17.6 Å². The molecule has 1 aromatic rings. The van der Waals surface area contributed by atoms with Crippen molar-refractivity contribution in [1.82, 2.24) is 9.21 Å². The fourth-order valence-corrected chi connectivity index (χ4v) is 5.89. The summed E-state index contributed by atoms with van der Waals surface area (Å²) in [6, 6.07) is 5.42. The molecule has 2 fully saturated rings. The molecule has 2 aliphatic rings. The van der Waals surface area contributed by atoms with E-state index in [9.17, 15) is 13.2 Å². The van der Waals surface area contributed by atoms with Crippen LogP contribution in [0.5, 0.6) is 0 Å². The molecule has 2 aliphatic heterocycles. The zero-order chi connectivity index (χ0) is 19.6. The highest BCUT2D eigenvalue weighted by Crippen LogP contribution is 2.28. The summed E-state index contributed by atoms with van der Waals surface area (Å²) in [6.45, 7) is 6.86. The van der Waals surface area contributed by atoms with Crippen LogP contribution in [0.4, 0.5) is 0 Å². The Morgan fingerprint density at radius 3 is 2.26 bits per heavy atom. The van der Waals surface area contributed by atoms with Crippen LogP contribution in [0, 0.1) is 25.7 Å². The Morgan fingerprint density at radius 1 is 1.07 bits per heavy atom. The van der Waals surface area contributed by atoms with Crippen molar-refractivity contribution in [3.05, 3.63) is 29.3 Å². The van der Waals surface area contributed by atoms with Crippen molar-refractivity contribution >= 4 is 15.9 Å². The normalized spacial score (nSPS) is 20.8. The Balaban J connectivity index is 1.60. The molecule has 0 spiro atoms. The van der Waals surface area contributed by atoms with Gasteiger partial charge in [-0.3, -0.25) is 4.79 Å². The molecular formula is C20H31N3O3S. The molecule has 6 nitrogen and oxygen atoms in total. The van der Waals surface area contributed by atoms with Gasteiger partial charge in [-0.2, -0.15) is 4.31 Å². The lowest BCUT2D eigenvalue weighted by Gasteiger charge is -2.36. The van der Waals surface area contributed by atoms with E-state index in [4.69, 9.17) is 5.73 Å². The third-order valence-electron chi connectivity index (χ3n) is 6.01. The summed E-state index contributed by atoms with van der Waals surface area (Å²) >= 11 is 0. The van der Waals surface area contributed by atoms with Crippen LogP contribution >= 0.6 is 0 Å². The molecule has 27 heavy (non-hydrogen) atoms. The number of amides is 1. The number of carbonyl (C=O) groups is 1. The average Bonchev–Trinajstić information content (AvgIpc) is 2.67. The summed E-state index contributed by atoms with van der Waals surface area (Å²) in [5, 5.41) is 0. The molecule has 0 saturated carbocycles. The topological polar surface area (TPSA) is 83.7 Å². The first kappa shape index (κ1) is 20.3. The summed E-state index contributed by atoms with van der Waals surface area (Å²) in [5.74, 6) is 0.651. The zero-order valence-corrected chi connectivity index (χ0v) is 17.2. The Morgan fingerprint density at radius 2 is 1.70 bits per heavy atom. The fourth-order valence-electron chi connectivity index (χ4n) is 4.22. The number of aryl methyl sites for hydroxylation is 2. The predicted molar refractivity (Wildman–Crippen MR) is 106 cm³/mol. The number of likely N-dealkylation sites (tertiary alicyclic amines) is 1. The highest BCUT2D eigenvalue weighted by molar-refractivity contribution is 7.89. The Kier molecular flexibility index (Phi) is 6.23. The summed E-state index contributed by atoms with van der Waals surface area (Å²) in [6.07, 6.45) is 3.14. The van der Waals surface area contributed by atoms with Crippen molar-refractivity contribution in [2.75, 3.05) is 32.7 Å². The molecule has 150 valence electrons. The van der Waals surface area contributed by atoms with E-state index in [1.54, 1.807) is 6.07 Å². The Hall–Kier alpha value is -1.44. The van der Waals surface area contributed by atoms with Crippen LogP contribution in [-0.4, -0.2) is 56.3 Å². The monoisotopic (exact) mass is 393 g/mol. The van der Waals surface area contributed by atoms with Crippen molar-refractivity contribution in [3.8, 4) is 0 Å². The highest BCUT2D eigenvalue weighted by atomic mass is 32.2. The molecule has 0 aliphatic carbocycles. The molecule has 2 saturated heterocycles. The second kappa shape index (κ2) is 8.29. The van der Waals surface area contributed by atoms with E-state index in [0.29, 0.717) is 43.3 Å². The molecule has 1 aromatic carbocycles. The van der Waals surface area contributed by atoms with Gasteiger partial charge in [0.15, 0.2) is 0 Å². The summed E-state index contributed by atoms with van der Waals surface area (Å²) < 4.78 is 27.5. The van der Waals surface area contributed by atoms with Gasteiger partial charge < -0.3 is 10.6 Å². The molecule has 2 heterocycles. The van der Waals surface area contributed by atoms with E-state index in [2.05, 4.69) is 0 Å². The van der Waals surface area contributed by atoms with E-state index in [-0.39, 0.29) is 11.8 Å². The minimum absolute atomic E-state index is 0.0648. The molecule has 7 heteroatoms. The number of hydrogen-bond acceptors (Lipinski definition) is 4. The first-order chi connectivity index (χ1) is 12.8. The van der Waals surface area contributed by atoms with Crippen molar-refractivity contribution in [1.29, 1.82) is 0 Å². The number of nitrogens with zero attached hydrogens (tertiary/aromatic N) is 2. The van der Waals surface area contributed by atoms with E-state index in [1.165, 1.54) is 4.31 Å². The highest BCUT2D eigenvalue weighted by Gasteiger charge is 2.35. The maximum absolute atomic E-state index is 13.0. The number of piperidine rings is 2. The second-order valence-electron chi connectivity index (χ2n) is 7.95. The lowest BCUT2D eigenvalue weighted by atomic mass is 9.93. The first-order valence-electron chi connectivity index (χ1n) is 9.89. The number of hydrogen-bond donors (Lipinski definition) is 1. The minimum Gasteiger partial charge on any atom is -0.342 e. The standard InChI is InChI=1S/C20H31N3O3S/c1-15-3-4-19(16(2)13-15)27(25,26)23-11-7-18(8-12-23)20(24)22-9-5-17(14-21)6-10-22/h3-4,13,17-18H,5-12,14,21H2,1-2H3. The maximum Gasteiger partial charge on any atom is 0.243 e. The summed E-state index contributed by atoms with van der Waals surface area (Å²) in [4.78, 5) is 15.1. The molecule has 0 bridgehead atoms. The van der Waals surface area contributed by atoms with Crippen LogP contribution in [0.15, 0.2) is 23.1 Å². The van der Waals surface area contributed by atoms with Crippen LogP contribution in [0.25, 0.3) is 0 Å². The summed E-state index contributed by atoms with van der Waals surface area (Å²) in [5.41, 5.74) is 7.55. The minimum atomic E-state index is -3.50. The molecular weight excluding hydrogens is 362 g/mol. The van der Waals surface area contributed by atoms with Gasteiger partial charge in [-0.1, -0.05) is 17.7 Å². The van der Waals surface area contributed by atoms with Gasteiger partial charge in [0.25, 0.3) is 0 Å². The van der Waals surface area contributed by atoms with Gasteiger partial charge in [-0.05, 0) is 63.6 Å². The maximum atomic E-state index is 13.0. The molecule has 0 radical (unpaired) electrons. The van der Waals surface area contributed by atoms with E-state index < -0.39 is 10.0 Å². The number of rotatable bonds is 4. The molecule has 0 atom stereocenters. The van der Waals surface area contributed by atoms with Crippen LogP contribution in [0.1, 0.15) is 36.8 Å². The van der Waals surface area contributed by atoms with E-state index >= 15 is 0 Å². The molecule has 3 rings (SSSR count). The quantitative estimate of drug-likeness (QED) is 0.847. The number of sulfonamides is 1. The SMILES string of the molecule is Cc1ccc(S(=O)(=O)N2CCC(C(=O)N3CCC(CN)CC3)CC2)c(C)c1. The van der Waals surface area contributed by atoms with Crippen LogP contribution < -0.4 is 5.73 Å². The lowest BCUT2D eigenvalue weighted by Crippen LogP contribution is -2.47. The molecule has 2 N–H and O–H groups in total. The third-order valence-corrected chi connectivity index (χ3v) is 8.07. The Labute approximate surface area is 162 Å². The first-order valence-corrected chi connectivity index (χ1v) is 11.3. The molecule has 0 unspecified atom stereocenters. The van der Waals surface area contributed by atoms with Crippen molar-refractivity contribution in [3.63, 3.8) is 0 Å². The molecule has 1 amide bonds. The average molecular weight is 394 g/mol. The van der Waals surface area contributed by atoms with Crippen LogP contribution in [0.2, 0.25) is 0 Å². The zero-order valence-electron chi connectivity index (χ0n) is 16.4. The molecule has 0 aromatic heterocycles. The summed E-state index contributed by atoms with van der Waals surface area (Å²) in [7, 11) is -3.50. The lowest BCUT2D eigenvalue weighted by molar-refractivity contribution is -0.138. The van der Waals surface area contributed by atoms with Gasteiger partial charge in [0.1, 0.15) is 0 Å². The third kappa shape index (κ3) is 4.36. The van der Waals surface area contributed by atoms with Crippen LogP contribution in [0.3, 0.4) is 0 Å². The van der Waals surface area contributed by atoms with Gasteiger partial charge in [0.2, 0.25) is 15.9 Å². The number of nitrogens with two attached hydrogens (primary N) is 1. The van der Waals surface area contributed by atoms with Crippen molar-refractivity contribution in [2.45, 2.75) is 44.4 Å². The predicted octanol–water partition coefficient (Wildman–Crippen LogP) is 1.90. The van der Waals surface area contributed by atoms with Gasteiger partial charge in [0, 0.05) is 32.1 Å². The largest absolute Gasteiger partial charge is 0.342 e.